The summed E-state index contributed by atoms with van der Waals surface area (Å²) in [6.07, 6.45) is -1.64. The third-order valence-electron chi connectivity index (χ3n) is 3.68. The van der Waals surface area contributed by atoms with Gasteiger partial charge in [-0.25, -0.2) is 0 Å². The van der Waals surface area contributed by atoms with Crippen LogP contribution in [0.4, 0.5) is 13.2 Å². The molecule has 1 atom stereocenters. The smallest absolute Gasteiger partial charge is 0.406 e. The van der Waals surface area contributed by atoms with Gasteiger partial charge < -0.3 is 10.1 Å². The van der Waals surface area contributed by atoms with E-state index in [1.54, 1.807) is 0 Å². The van der Waals surface area contributed by atoms with E-state index in [-0.39, 0.29) is 17.1 Å². The topological polar surface area (TPSA) is 38.3 Å². The van der Waals surface area contributed by atoms with Gasteiger partial charge >= 0.3 is 6.36 Å². The van der Waals surface area contributed by atoms with Crippen molar-refractivity contribution < 1.29 is 22.7 Å². The third kappa shape index (κ3) is 3.75. The zero-order valence-corrected chi connectivity index (χ0v) is 11.8. The fourth-order valence-corrected chi connectivity index (χ4v) is 2.86. The molecular formula is C15H18F3NO2. The highest BCUT2D eigenvalue weighted by Gasteiger charge is 2.40. The molecule has 1 aromatic rings. The van der Waals surface area contributed by atoms with E-state index >= 15 is 0 Å². The normalized spacial score (nSPS) is 22.3. The lowest BCUT2D eigenvalue weighted by molar-refractivity contribution is -0.274. The summed E-state index contributed by atoms with van der Waals surface area (Å²) in [4.78, 5) is 12.7. The van der Waals surface area contributed by atoms with Crippen molar-refractivity contribution in [3.8, 4) is 5.75 Å². The summed E-state index contributed by atoms with van der Waals surface area (Å²) < 4.78 is 40.6. The van der Waals surface area contributed by atoms with Gasteiger partial charge in [-0.3, -0.25) is 4.79 Å². The first-order chi connectivity index (χ1) is 9.86. The standard InChI is InChI=1S/C15H18F3NO2/c1-2-7-14(8-4-9-19-14)13(20)11-5-3-6-12(10-11)21-15(16,17)18/h3,5-6,10,19H,2,4,7-9H2,1H3. The minimum Gasteiger partial charge on any atom is -0.406 e. The van der Waals surface area contributed by atoms with Crippen molar-refractivity contribution in [1.82, 2.24) is 5.32 Å². The number of ether oxygens (including phenoxy) is 1. The molecule has 1 N–H and O–H groups in total. The van der Waals surface area contributed by atoms with E-state index < -0.39 is 11.9 Å². The van der Waals surface area contributed by atoms with E-state index in [9.17, 15) is 18.0 Å². The maximum atomic E-state index is 12.7. The first kappa shape index (κ1) is 15.8. The van der Waals surface area contributed by atoms with Gasteiger partial charge in [0.2, 0.25) is 0 Å². The molecule has 1 aromatic carbocycles. The molecular weight excluding hydrogens is 283 g/mol. The van der Waals surface area contributed by atoms with Crippen LogP contribution in [0, 0.1) is 0 Å². The minimum atomic E-state index is -4.76. The molecule has 1 heterocycles. The Balaban J connectivity index is 2.24. The molecule has 0 saturated carbocycles. The van der Waals surface area contributed by atoms with E-state index in [0.29, 0.717) is 12.8 Å². The Bertz CT molecular complexity index is 508. The van der Waals surface area contributed by atoms with E-state index in [4.69, 9.17) is 0 Å². The Labute approximate surface area is 121 Å². The first-order valence-electron chi connectivity index (χ1n) is 7.02. The van der Waals surface area contributed by atoms with E-state index in [2.05, 4.69) is 10.1 Å². The van der Waals surface area contributed by atoms with Crippen LogP contribution in [0.25, 0.3) is 0 Å². The molecule has 1 aliphatic rings. The highest BCUT2D eigenvalue weighted by atomic mass is 19.4. The number of carbonyl (C=O) groups is 1. The van der Waals surface area contributed by atoms with Crippen LogP contribution in [-0.4, -0.2) is 24.2 Å². The maximum Gasteiger partial charge on any atom is 0.573 e. The molecule has 0 amide bonds. The van der Waals surface area contributed by atoms with E-state index in [1.807, 2.05) is 6.92 Å². The van der Waals surface area contributed by atoms with Crippen LogP contribution in [-0.2, 0) is 0 Å². The summed E-state index contributed by atoms with van der Waals surface area (Å²) in [5, 5.41) is 3.22. The molecule has 0 spiro atoms. The van der Waals surface area contributed by atoms with Crippen molar-refractivity contribution in [3.63, 3.8) is 0 Å². The summed E-state index contributed by atoms with van der Waals surface area (Å²) in [7, 11) is 0. The van der Waals surface area contributed by atoms with Gasteiger partial charge in [-0.15, -0.1) is 13.2 Å². The Morgan fingerprint density at radius 2 is 2.19 bits per heavy atom. The van der Waals surface area contributed by atoms with Gasteiger partial charge in [0.05, 0.1) is 5.54 Å². The lowest BCUT2D eigenvalue weighted by Crippen LogP contribution is -2.47. The molecule has 0 aliphatic carbocycles. The van der Waals surface area contributed by atoms with Crippen LogP contribution in [0.2, 0.25) is 0 Å². The number of halogens is 3. The highest BCUT2D eigenvalue weighted by molar-refractivity contribution is 6.03. The summed E-state index contributed by atoms with van der Waals surface area (Å²) in [6, 6.07) is 5.29. The molecule has 21 heavy (non-hydrogen) atoms. The summed E-state index contributed by atoms with van der Waals surface area (Å²) in [5.41, 5.74) is -0.398. The molecule has 1 aliphatic heterocycles. The third-order valence-corrected chi connectivity index (χ3v) is 3.68. The predicted octanol–water partition coefficient (Wildman–Crippen LogP) is 3.69. The van der Waals surface area contributed by atoms with Crippen molar-refractivity contribution in [1.29, 1.82) is 0 Å². The number of hydrogen-bond acceptors (Lipinski definition) is 3. The van der Waals surface area contributed by atoms with Crippen molar-refractivity contribution in [3.05, 3.63) is 29.8 Å². The van der Waals surface area contributed by atoms with Crippen LogP contribution in [0.3, 0.4) is 0 Å². The number of rotatable bonds is 5. The van der Waals surface area contributed by atoms with Crippen LogP contribution in [0.15, 0.2) is 24.3 Å². The summed E-state index contributed by atoms with van der Waals surface area (Å²) in [6.45, 7) is 2.74. The molecule has 2 rings (SSSR count). The number of benzene rings is 1. The van der Waals surface area contributed by atoms with Crippen LogP contribution >= 0.6 is 0 Å². The molecule has 1 unspecified atom stereocenters. The number of ketones is 1. The number of alkyl halides is 3. The van der Waals surface area contributed by atoms with Crippen LogP contribution < -0.4 is 10.1 Å². The molecule has 0 aromatic heterocycles. The second-order valence-electron chi connectivity index (χ2n) is 5.27. The number of nitrogens with one attached hydrogen (secondary N) is 1. The second-order valence-corrected chi connectivity index (χ2v) is 5.27. The average Bonchev–Trinajstić information content (AvgIpc) is 2.86. The molecule has 1 fully saturated rings. The van der Waals surface area contributed by atoms with E-state index in [0.717, 1.165) is 25.5 Å². The zero-order chi connectivity index (χ0) is 15.5. The van der Waals surface area contributed by atoms with Gasteiger partial charge in [0.1, 0.15) is 5.75 Å². The van der Waals surface area contributed by atoms with Crippen molar-refractivity contribution in [2.45, 2.75) is 44.5 Å². The highest BCUT2D eigenvalue weighted by Crippen LogP contribution is 2.30. The van der Waals surface area contributed by atoms with Gasteiger partial charge in [-0.2, -0.15) is 0 Å². The fourth-order valence-electron chi connectivity index (χ4n) is 2.86. The van der Waals surface area contributed by atoms with Crippen molar-refractivity contribution in [2.75, 3.05) is 6.54 Å². The van der Waals surface area contributed by atoms with Gasteiger partial charge in [-0.1, -0.05) is 25.5 Å². The zero-order valence-electron chi connectivity index (χ0n) is 11.8. The SMILES string of the molecule is CCCC1(C(=O)c2cccc(OC(F)(F)F)c2)CCCN1. The fraction of sp³-hybridized carbons (Fsp3) is 0.533. The Morgan fingerprint density at radius 3 is 2.76 bits per heavy atom. The summed E-state index contributed by atoms with van der Waals surface area (Å²) >= 11 is 0. The molecule has 3 nitrogen and oxygen atoms in total. The Morgan fingerprint density at radius 1 is 1.43 bits per heavy atom. The van der Waals surface area contributed by atoms with Crippen molar-refractivity contribution >= 4 is 5.78 Å². The minimum absolute atomic E-state index is 0.158. The lowest BCUT2D eigenvalue weighted by atomic mass is 9.84. The van der Waals surface area contributed by atoms with Gasteiger partial charge in [0, 0.05) is 5.56 Å². The quantitative estimate of drug-likeness (QED) is 0.843. The number of hydrogen-bond donors (Lipinski definition) is 1. The molecule has 6 heteroatoms. The largest absolute Gasteiger partial charge is 0.573 e. The maximum absolute atomic E-state index is 12.7. The number of Topliss-reactive ketones (excluding diaryl/α,β-unsaturated/α-hetero) is 1. The Kier molecular flexibility index (Phi) is 4.56. The second kappa shape index (κ2) is 6.05. The van der Waals surface area contributed by atoms with Crippen LogP contribution in [0.5, 0.6) is 5.75 Å². The monoisotopic (exact) mass is 301 g/mol. The van der Waals surface area contributed by atoms with Gasteiger partial charge in [-0.05, 0) is 37.9 Å². The summed E-state index contributed by atoms with van der Waals surface area (Å²) in [5.74, 6) is -0.521. The van der Waals surface area contributed by atoms with Gasteiger partial charge in [0.25, 0.3) is 0 Å². The predicted molar refractivity (Wildman–Crippen MR) is 72.3 cm³/mol. The number of carbonyl (C=O) groups excluding carboxylic acids is 1. The molecule has 0 radical (unpaired) electrons. The van der Waals surface area contributed by atoms with Gasteiger partial charge in [0.15, 0.2) is 5.78 Å². The van der Waals surface area contributed by atoms with E-state index in [1.165, 1.54) is 18.2 Å². The lowest BCUT2D eigenvalue weighted by Gasteiger charge is -2.27. The van der Waals surface area contributed by atoms with Crippen LogP contribution in [0.1, 0.15) is 43.0 Å². The molecule has 0 bridgehead atoms. The van der Waals surface area contributed by atoms with Crippen molar-refractivity contribution in [2.24, 2.45) is 0 Å². The first-order valence-corrected chi connectivity index (χ1v) is 7.02. The molecule has 1 saturated heterocycles. The average molecular weight is 301 g/mol. The Hall–Kier alpha value is -1.56. The molecule has 116 valence electrons.